The van der Waals surface area contributed by atoms with Crippen LogP contribution >= 0.6 is 15.9 Å². The average Bonchev–Trinajstić information content (AvgIpc) is 2.81. The van der Waals surface area contributed by atoms with Gasteiger partial charge in [0.15, 0.2) is 18.1 Å². The van der Waals surface area contributed by atoms with Crippen LogP contribution in [0.15, 0.2) is 53.0 Å². The van der Waals surface area contributed by atoms with Crippen LogP contribution in [0, 0.1) is 0 Å². The summed E-state index contributed by atoms with van der Waals surface area (Å²) in [6.45, 7) is 4.50. The van der Waals surface area contributed by atoms with E-state index in [2.05, 4.69) is 33.7 Å². The summed E-state index contributed by atoms with van der Waals surface area (Å²) < 4.78 is 17.1. The van der Waals surface area contributed by atoms with Crippen molar-refractivity contribution in [3.8, 4) is 11.5 Å². The zero-order valence-corrected chi connectivity index (χ0v) is 20.1. The van der Waals surface area contributed by atoms with E-state index in [4.69, 9.17) is 14.2 Å². The lowest BCUT2D eigenvalue weighted by Crippen LogP contribution is -2.43. The number of ether oxygens (including phenoxy) is 3. The molecule has 0 radical (unpaired) electrons. The number of carbonyl (C=O) groups is 3. The maximum absolute atomic E-state index is 12.0. The maximum atomic E-state index is 12.0. The Bertz CT molecular complexity index is 975. The van der Waals surface area contributed by atoms with E-state index < -0.39 is 24.4 Å². The van der Waals surface area contributed by atoms with Gasteiger partial charge in [-0.15, -0.1) is 0 Å². The van der Waals surface area contributed by atoms with Gasteiger partial charge in [-0.05, 0) is 61.4 Å². The Labute approximate surface area is 201 Å². The summed E-state index contributed by atoms with van der Waals surface area (Å²) in [5.41, 5.74) is 5.52. The number of nitrogens with one attached hydrogen (secondary N) is 2. The molecule has 176 valence electrons. The fourth-order valence-corrected chi connectivity index (χ4v) is 2.79. The molecular weight excluding hydrogens is 492 g/mol. The van der Waals surface area contributed by atoms with Gasteiger partial charge in [-0.25, -0.2) is 4.79 Å². The minimum absolute atomic E-state index is 0.367. The van der Waals surface area contributed by atoms with E-state index in [0.717, 1.165) is 17.3 Å². The average molecular weight is 519 g/mol. The molecule has 0 saturated carbocycles. The first-order chi connectivity index (χ1) is 15.9. The minimum Gasteiger partial charge on any atom is -0.490 e. The largest absolute Gasteiger partial charge is 0.490 e. The molecular formula is C24H27BrN2O6. The van der Waals surface area contributed by atoms with Crippen molar-refractivity contribution >= 4 is 39.8 Å². The summed E-state index contributed by atoms with van der Waals surface area (Å²) in [5, 5.41) is 0. The Hall–Kier alpha value is -3.33. The Morgan fingerprint density at radius 3 is 2.42 bits per heavy atom. The highest BCUT2D eigenvalue weighted by molar-refractivity contribution is 9.10. The monoisotopic (exact) mass is 518 g/mol. The zero-order chi connectivity index (χ0) is 24.1. The van der Waals surface area contributed by atoms with Crippen LogP contribution in [0.5, 0.6) is 11.5 Å². The molecule has 0 aliphatic heterocycles. The quantitative estimate of drug-likeness (QED) is 0.201. The smallest absolute Gasteiger partial charge is 0.331 e. The third-order valence-corrected chi connectivity index (χ3v) is 4.73. The van der Waals surface area contributed by atoms with E-state index in [1.54, 1.807) is 48.5 Å². The number of halogens is 1. The molecule has 0 aromatic heterocycles. The van der Waals surface area contributed by atoms with Gasteiger partial charge in [0.1, 0.15) is 0 Å². The molecule has 2 N–H and O–H groups in total. The van der Waals surface area contributed by atoms with Gasteiger partial charge in [0.2, 0.25) is 0 Å². The van der Waals surface area contributed by atoms with Crippen LogP contribution in [0.3, 0.4) is 0 Å². The highest BCUT2D eigenvalue weighted by Crippen LogP contribution is 2.29. The number of unbranched alkanes of at least 4 members (excludes halogenated alkanes) is 1. The van der Waals surface area contributed by atoms with E-state index in [-0.39, 0.29) is 0 Å². The lowest BCUT2D eigenvalue weighted by Gasteiger charge is -2.12. The van der Waals surface area contributed by atoms with E-state index in [1.165, 1.54) is 6.08 Å². The molecule has 0 aliphatic carbocycles. The van der Waals surface area contributed by atoms with Crippen LogP contribution in [-0.4, -0.2) is 37.6 Å². The number of hydrazine groups is 1. The molecule has 0 saturated heterocycles. The molecule has 8 nitrogen and oxygen atoms in total. The van der Waals surface area contributed by atoms with Crippen molar-refractivity contribution in [3.63, 3.8) is 0 Å². The van der Waals surface area contributed by atoms with Crippen LogP contribution in [-0.2, 0) is 14.3 Å². The van der Waals surface area contributed by atoms with Crippen LogP contribution in [0.4, 0.5) is 0 Å². The van der Waals surface area contributed by atoms with Crippen molar-refractivity contribution in [3.05, 3.63) is 64.1 Å². The number of carbonyl (C=O) groups excluding carboxylic acids is 3. The van der Waals surface area contributed by atoms with Crippen LogP contribution in [0.25, 0.3) is 6.08 Å². The molecule has 0 aliphatic rings. The SMILES string of the molecule is CCCCOc1ccc(/C=C/C(=O)OCC(=O)NNC(=O)c2ccc(Br)cc2)cc1OCC. The number of hydrogen-bond donors (Lipinski definition) is 2. The summed E-state index contributed by atoms with van der Waals surface area (Å²) in [7, 11) is 0. The van der Waals surface area contributed by atoms with Gasteiger partial charge in [0, 0.05) is 16.1 Å². The van der Waals surface area contributed by atoms with Crippen LogP contribution in [0.1, 0.15) is 42.6 Å². The van der Waals surface area contributed by atoms with E-state index in [0.29, 0.717) is 35.8 Å². The first-order valence-electron chi connectivity index (χ1n) is 10.5. The highest BCUT2D eigenvalue weighted by Gasteiger charge is 2.09. The topological polar surface area (TPSA) is 103 Å². The van der Waals surface area contributed by atoms with E-state index in [1.807, 2.05) is 6.92 Å². The summed E-state index contributed by atoms with van der Waals surface area (Å²) in [6, 6.07) is 11.9. The third-order valence-electron chi connectivity index (χ3n) is 4.20. The van der Waals surface area contributed by atoms with Gasteiger partial charge in [-0.3, -0.25) is 20.4 Å². The predicted molar refractivity (Wildman–Crippen MR) is 128 cm³/mol. The van der Waals surface area contributed by atoms with Gasteiger partial charge in [-0.1, -0.05) is 35.3 Å². The minimum atomic E-state index is -0.703. The van der Waals surface area contributed by atoms with Crippen molar-refractivity contribution in [2.24, 2.45) is 0 Å². The van der Waals surface area contributed by atoms with Gasteiger partial charge in [-0.2, -0.15) is 0 Å². The van der Waals surface area contributed by atoms with Crippen molar-refractivity contribution in [1.82, 2.24) is 10.9 Å². The van der Waals surface area contributed by atoms with Crippen molar-refractivity contribution < 1.29 is 28.6 Å². The molecule has 2 aromatic carbocycles. The number of benzene rings is 2. The number of esters is 1. The van der Waals surface area contributed by atoms with Gasteiger partial charge >= 0.3 is 5.97 Å². The Morgan fingerprint density at radius 2 is 1.73 bits per heavy atom. The molecule has 2 aromatic rings. The lowest BCUT2D eigenvalue weighted by atomic mass is 10.2. The number of amides is 2. The van der Waals surface area contributed by atoms with Crippen molar-refractivity contribution in [2.45, 2.75) is 26.7 Å². The van der Waals surface area contributed by atoms with Crippen molar-refractivity contribution in [2.75, 3.05) is 19.8 Å². The van der Waals surface area contributed by atoms with Gasteiger partial charge in [0.05, 0.1) is 13.2 Å². The normalized spacial score (nSPS) is 10.5. The lowest BCUT2D eigenvalue weighted by molar-refractivity contribution is -0.144. The standard InChI is InChI=1S/C24H27BrN2O6/c1-3-5-14-32-20-12-6-17(15-21(20)31-4-2)7-13-23(29)33-16-22(28)26-27-24(30)18-8-10-19(25)11-9-18/h6-13,15H,3-5,14,16H2,1-2H3,(H,26,28)(H,27,30)/b13-7+. The third kappa shape index (κ3) is 9.36. The zero-order valence-electron chi connectivity index (χ0n) is 18.6. The summed E-state index contributed by atoms with van der Waals surface area (Å²) in [4.78, 5) is 35.7. The fourth-order valence-electron chi connectivity index (χ4n) is 2.53. The second-order valence-corrected chi connectivity index (χ2v) is 7.71. The summed E-state index contributed by atoms with van der Waals surface area (Å²) in [6.07, 6.45) is 4.73. The van der Waals surface area contributed by atoms with E-state index >= 15 is 0 Å². The molecule has 2 amide bonds. The molecule has 0 bridgehead atoms. The second kappa shape index (κ2) is 13.9. The van der Waals surface area contributed by atoms with Crippen LogP contribution < -0.4 is 20.3 Å². The predicted octanol–water partition coefficient (Wildman–Crippen LogP) is 4.04. The van der Waals surface area contributed by atoms with Crippen molar-refractivity contribution in [1.29, 1.82) is 0 Å². The fraction of sp³-hybridized carbons (Fsp3) is 0.292. The van der Waals surface area contributed by atoms with E-state index in [9.17, 15) is 14.4 Å². The first kappa shape index (κ1) is 25.9. The Kier molecular flexibility index (Phi) is 11.0. The summed E-state index contributed by atoms with van der Waals surface area (Å²) >= 11 is 3.28. The Morgan fingerprint density at radius 1 is 0.970 bits per heavy atom. The molecule has 0 atom stereocenters. The molecule has 0 unspecified atom stereocenters. The van der Waals surface area contributed by atoms with Gasteiger partial charge < -0.3 is 14.2 Å². The van der Waals surface area contributed by atoms with Gasteiger partial charge in [0.25, 0.3) is 11.8 Å². The highest BCUT2D eigenvalue weighted by atomic mass is 79.9. The molecule has 0 spiro atoms. The molecule has 9 heteroatoms. The van der Waals surface area contributed by atoms with Crippen LogP contribution in [0.2, 0.25) is 0 Å². The maximum Gasteiger partial charge on any atom is 0.331 e. The first-order valence-corrected chi connectivity index (χ1v) is 11.3. The summed E-state index contributed by atoms with van der Waals surface area (Å²) in [5.74, 6) is -0.633. The second-order valence-electron chi connectivity index (χ2n) is 6.79. The Balaban J connectivity index is 1.81. The molecule has 0 fully saturated rings. The molecule has 0 heterocycles. The number of hydrogen-bond acceptors (Lipinski definition) is 6. The molecule has 33 heavy (non-hydrogen) atoms. The molecule has 2 rings (SSSR count). The number of rotatable bonds is 11.